The van der Waals surface area contributed by atoms with Crippen LogP contribution in [0.5, 0.6) is 0 Å². The lowest BCUT2D eigenvalue weighted by Crippen LogP contribution is -2.29. The Bertz CT molecular complexity index is 3230. The monoisotopic (exact) mass is 915 g/mol. The first-order valence-electron chi connectivity index (χ1n) is 25.5. The first-order chi connectivity index (χ1) is 34.0. The quantitative estimate of drug-likeness (QED) is 0.0771. The summed E-state index contributed by atoms with van der Waals surface area (Å²) in [6.07, 6.45) is 31.2. The number of benzene rings is 4. The molecular weight excluding hydrogens is 849 g/mol. The molecule has 10 rings (SSSR count). The van der Waals surface area contributed by atoms with E-state index < -0.39 is 10.8 Å². The van der Waals surface area contributed by atoms with E-state index in [0.29, 0.717) is 0 Å². The van der Waals surface area contributed by atoms with Crippen LogP contribution in [0.3, 0.4) is 0 Å². The second-order valence-electron chi connectivity index (χ2n) is 20.1. The maximum absolute atomic E-state index is 5.46. The number of nitrogens with one attached hydrogen (secondary N) is 1. The zero-order valence-corrected chi connectivity index (χ0v) is 42.2. The lowest BCUT2D eigenvalue weighted by Gasteiger charge is -2.32. The van der Waals surface area contributed by atoms with Gasteiger partial charge in [-0.05, 0) is 201 Å². The molecule has 0 fully saturated rings. The van der Waals surface area contributed by atoms with E-state index in [1.807, 2.05) is 13.0 Å². The highest BCUT2D eigenvalue weighted by atomic mass is 15.0. The smallest absolute Gasteiger partial charge is 0.156 e. The van der Waals surface area contributed by atoms with E-state index in [1.54, 1.807) is 0 Å². The molecule has 0 saturated heterocycles. The van der Waals surface area contributed by atoms with Gasteiger partial charge in [0.05, 0.1) is 17.4 Å². The van der Waals surface area contributed by atoms with Gasteiger partial charge in [-0.2, -0.15) is 0 Å². The van der Waals surface area contributed by atoms with Crippen LogP contribution in [-0.4, -0.2) is 21.8 Å². The molecule has 0 aliphatic heterocycles. The molecular formula is C66H66N4. The predicted octanol–water partition coefficient (Wildman–Crippen LogP) is 16.5. The molecule has 1 N–H and O–H groups in total. The minimum absolute atomic E-state index is 0.0267. The molecule has 0 bridgehead atoms. The maximum Gasteiger partial charge on any atom is 0.156 e. The highest BCUT2D eigenvalue weighted by molar-refractivity contribution is 6.03. The highest BCUT2D eigenvalue weighted by Crippen LogP contribution is 2.60. The molecule has 0 spiro atoms. The zero-order valence-electron chi connectivity index (χ0n) is 42.2. The minimum Gasteiger partial charge on any atom is -0.341 e. The summed E-state index contributed by atoms with van der Waals surface area (Å²) in [5.74, 6) is 1.76. The molecule has 1 aromatic heterocycles. The number of aliphatic imine (C=N–C) groups is 1. The van der Waals surface area contributed by atoms with Gasteiger partial charge in [0.15, 0.2) is 5.82 Å². The Hall–Kier alpha value is -7.17. The van der Waals surface area contributed by atoms with Crippen LogP contribution in [0.2, 0.25) is 0 Å². The number of amidine groups is 1. The lowest BCUT2D eigenvalue weighted by atomic mass is 9.70. The number of rotatable bonds is 12. The third kappa shape index (κ3) is 8.31. The number of aromatic nitrogens is 2. The van der Waals surface area contributed by atoms with Crippen molar-refractivity contribution in [1.29, 1.82) is 0 Å². The summed E-state index contributed by atoms with van der Waals surface area (Å²) >= 11 is 0. The van der Waals surface area contributed by atoms with Gasteiger partial charge in [0.2, 0.25) is 0 Å². The number of nitrogens with zero attached hydrogens (tertiary/aromatic N) is 3. The summed E-state index contributed by atoms with van der Waals surface area (Å²) in [6, 6.07) is 36.8. The Balaban J connectivity index is 1.14. The average Bonchev–Trinajstić information content (AvgIpc) is 4.11. The van der Waals surface area contributed by atoms with Crippen molar-refractivity contribution >= 4 is 22.6 Å². The van der Waals surface area contributed by atoms with Crippen LogP contribution >= 0.6 is 0 Å². The topological polar surface area (TPSA) is 50.2 Å². The van der Waals surface area contributed by atoms with E-state index in [2.05, 4.69) is 211 Å². The molecule has 5 aromatic rings. The molecule has 4 nitrogen and oxygen atoms in total. The second-order valence-corrected chi connectivity index (χ2v) is 20.1. The summed E-state index contributed by atoms with van der Waals surface area (Å²) in [6.45, 7) is 20.0. The minimum atomic E-state index is -0.423. The molecule has 3 atom stereocenters. The Kier molecular flexibility index (Phi) is 12.8. The maximum atomic E-state index is 5.46. The highest BCUT2D eigenvalue weighted by Gasteiger charge is 2.48. The van der Waals surface area contributed by atoms with E-state index in [0.717, 1.165) is 77.6 Å². The van der Waals surface area contributed by atoms with Crippen molar-refractivity contribution in [3.63, 3.8) is 0 Å². The Morgan fingerprint density at radius 2 is 1.46 bits per heavy atom. The molecule has 0 amide bonds. The number of allylic oxidation sites excluding steroid dienone is 16. The van der Waals surface area contributed by atoms with Gasteiger partial charge in [-0.1, -0.05) is 146 Å². The summed E-state index contributed by atoms with van der Waals surface area (Å²) in [4.78, 5) is 16.0. The van der Waals surface area contributed by atoms with E-state index in [-0.39, 0.29) is 6.04 Å². The van der Waals surface area contributed by atoms with Crippen LogP contribution in [0.25, 0.3) is 39.1 Å². The molecule has 5 aliphatic rings. The van der Waals surface area contributed by atoms with Crippen molar-refractivity contribution in [2.75, 3.05) is 0 Å². The number of hydrogen-bond acceptors (Lipinski definition) is 3. The molecule has 5 aliphatic carbocycles. The molecule has 350 valence electrons. The van der Waals surface area contributed by atoms with Crippen LogP contribution < -0.4 is 5.32 Å². The average molecular weight is 915 g/mol. The van der Waals surface area contributed by atoms with Crippen LogP contribution in [0.15, 0.2) is 203 Å². The third-order valence-corrected chi connectivity index (χ3v) is 15.7. The third-order valence-electron chi connectivity index (χ3n) is 15.7. The molecule has 1 heterocycles. The van der Waals surface area contributed by atoms with Crippen LogP contribution in [0.4, 0.5) is 0 Å². The fourth-order valence-electron chi connectivity index (χ4n) is 11.5. The van der Waals surface area contributed by atoms with Crippen molar-refractivity contribution < 1.29 is 0 Å². The van der Waals surface area contributed by atoms with Gasteiger partial charge in [0, 0.05) is 22.1 Å². The molecule has 0 saturated carbocycles. The van der Waals surface area contributed by atoms with Gasteiger partial charge in [0.25, 0.3) is 0 Å². The number of fused-ring (bicyclic) bond motifs is 5. The van der Waals surface area contributed by atoms with Gasteiger partial charge in [-0.25, -0.2) is 9.97 Å². The molecule has 4 aromatic carbocycles. The SMILES string of the molecule is C=C(NC(=NC(C)C1=CC=CC1)C1=CC2=C(CC1)c1cc3c(cc1C2(C)c1ccccc1)-c1ccc(-c2cc(/C(C)=C/C=CC)nc(C4=CCCCC4)n2)cc1C3(C)c1ccccc1)/C(C)=C/C=CC. The summed E-state index contributed by atoms with van der Waals surface area (Å²) in [7, 11) is 0. The summed E-state index contributed by atoms with van der Waals surface area (Å²) in [5, 5.41) is 3.75. The van der Waals surface area contributed by atoms with E-state index >= 15 is 0 Å². The second kappa shape index (κ2) is 19.3. The van der Waals surface area contributed by atoms with Crippen molar-refractivity contribution in [3.05, 3.63) is 243 Å². The van der Waals surface area contributed by atoms with Crippen molar-refractivity contribution in [2.24, 2.45) is 4.99 Å². The fourth-order valence-corrected chi connectivity index (χ4v) is 11.5. The summed E-state index contributed by atoms with van der Waals surface area (Å²) in [5.41, 5.74) is 22.4. The van der Waals surface area contributed by atoms with E-state index in [1.165, 1.54) is 85.2 Å². The standard InChI is InChI=1S/C66H66N4/c1-9-11-24-43(3)45(5)67-64(68-46(6)47-26-22-23-27-47)50-35-37-54-56-41-59-55(40-60(56)66(8,58(54)39-50)52-32-20-15-21-33-52)53-36-34-49(38-57(53)65(59,7)51-30-18-14-19-31-51)62-42-61(44(4)25-12-10-2)69-63(70-62)48-28-16-13-17-29-48/h9-12,14-15,18-26,28,30-34,36,38-42,46H,5,13,16-17,27,29,35,37H2,1-4,6-8H3,(H,67,68)/b11-9?,12-10?,43-24+,44-25+. The van der Waals surface area contributed by atoms with Gasteiger partial charge >= 0.3 is 0 Å². The van der Waals surface area contributed by atoms with Crippen molar-refractivity contribution in [3.8, 4) is 22.4 Å². The van der Waals surface area contributed by atoms with E-state index in [4.69, 9.17) is 15.0 Å². The Morgan fingerprint density at radius 3 is 2.16 bits per heavy atom. The molecule has 70 heavy (non-hydrogen) atoms. The lowest BCUT2D eigenvalue weighted by molar-refractivity contribution is 0.696. The van der Waals surface area contributed by atoms with Crippen molar-refractivity contribution in [1.82, 2.24) is 15.3 Å². The van der Waals surface area contributed by atoms with Gasteiger partial charge in [0.1, 0.15) is 5.84 Å². The molecule has 3 unspecified atom stereocenters. The first-order valence-corrected chi connectivity index (χ1v) is 25.5. The molecule has 0 radical (unpaired) electrons. The van der Waals surface area contributed by atoms with Gasteiger partial charge < -0.3 is 5.32 Å². The van der Waals surface area contributed by atoms with Crippen LogP contribution in [0.1, 0.15) is 138 Å². The fraction of sp³-hybridized carbons (Fsp3) is 0.258. The normalized spacial score (nSPS) is 21.4. The van der Waals surface area contributed by atoms with Crippen molar-refractivity contribution in [2.45, 2.75) is 110 Å². The zero-order chi connectivity index (χ0) is 48.6. The predicted molar refractivity (Wildman–Crippen MR) is 297 cm³/mol. The van der Waals surface area contributed by atoms with Crippen LogP contribution in [0, 0.1) is 0 Å². The van der Waals surface area contributed by atoms with Gasteiger partial charge in [-0.15, -0.1) is 0 Å². The van der Waals surface area contributed by atoms with Crippen LogP contribution in [-0.2, 0) is 10.8 Å². The Morgan fingerprint density at radius 1 is 0.757 bits per heavy atom. The first kappa shape index (κ1) is 46.6. The van der Waals surface area contributed by atoms with E-state index in [9.17, 15) is 0 Å². The number of hydrogen-bond donors (Lipinski definition) is 1. The Labute approximate surface area is 416 Å². The summed E-state index contributed by atoms with van der Waals surface area (Å²) < 4.78 is 0. The largest absolute Gasteiger partial charge is 0.341 e. The molecule has 4 heteroatoms. The van der Waals surface area contributed by atoms with Gasteiger partial charge in [-0.3, -0.25) is 4.99 Å².